The van der Waals surface area contributed by atoms with Crippen LogP contribution in [0.4, 0.5) is 24.5 Å². The van der Waals surface area contributed by atoms with Gasteiger partial charge in [-0.05, 0) is 66.8 Å². The Bertz CT molecular complexity index is 1760. The smallest absolute Gasteiger partial charge is 0.417 e. The van der Waals surface area contributed by atoms with Gasteiger partial charge in [-0.2, -0.15) is 13.2 Å². The molecule has 1 saturated heterocycles. The van der Waals surface area contributed by atoms with E-state index in [1.807, 2.05) is 18.2 Å². The van der Waals surface area contributed by atoms with Crippen LogP contribution in [-0.4, -0.2) is 26.8 Å². The summed E-state index contributed by atoms with van der Waals surface area (Å²) in [5.74, 6) is -1.02. The number of amides is 2. The fourth-order valence-corrected chi connectivity index (χ4v) is 4.19. The molecule has 0 saturated carbocycles. The van der Waals surface area contributed by atoms with Crippen LogP contribution in [0, 0.1) is 10.1 Å². The summed E-state index contributed by atoms with van der Waals surface area (Å²) in [6.45, 7) is 0. The van der Waals surface area contributed by atoms with Crippen molar-refractivity contribution in [2.45, 2.75) is 6.18 Å². The van der Waals surface area contributed by atoms with Crippen molar-refractivity contribution in [3.05, 3.63) is 118 Å². The number of alkyl halides is 3. The summed E-state index contributed by atoms with van der Waals surface area (Å²) in [6, 6.07) is 20.3. The lowest BCUT2D eigenvalue weighted by Crippen LogP contribution is -2.54. The number of pyridine rings is 1. The summed E-state index contributed by atoms with van der Waals surface area (Å²) in [4.78, 5) is 41.8. The van der Waals surface area contributed by atoms with E-state index in [0.717, 1.165) is 35.2 Å². The lowest BCUT2D eigenvalue weighted by Gasteiger charge is -2.29. The second kappa shape index (κ2) is 11.7. The maximum absolute atomic E-state index is 13.5. The van der Waals surface area contributed by atoms with Crippen molar-refractivity contribution in [1.82, 2.24) is 10.3 Å². The molecule has 1 aliphatic rings. The van der Waals surface area contributed by atoms with Gasteiger partial charge in [-0.3, -0.25) is 29.9 Å². The van der Waals surface area contributed by atoms with Gasteiger partial charge in [0.1, 0.15) is 22.8 Å². The van der Waals surface area contributed by atoms with Crippen LogP contribution in [0.3, 0.4) is 0 Å². The molecule has 5 rings (SSSR count). The summed E-state index contributed by atoms with van der Waals surface area (Å²) >= 11 is 5.24. The number of nitrogens with one attached hydrogen (secondary N) is 1. The summed E-state index contributed by atoms with van der Waals surface area (Å²) in [6.07, 6.45) is -3.00. The Balaban J connectivity index is 1.46. The van der Waals surface area contributed by atoms with Gasteiger partial charge in [-0.15, -0.1) is 0 Å². The Morgan fingerprint density at radius 1 is 0.930 bits per heavy atom. The fraction of sp³-hybridized carbons (Fsp3) is 0.0345. The van der Waals surface area contributed by atoms with E-state index in [9.17, 15) is 32.9 Å². The number of benzene rings is 3. The van der Waals surface area contributed by atoms with E-state index in [1.165, 1.54) is 6.07 Å². The third-order valence-corrected chi connectivity index (χ3v) is 6.24. The Morgan fingerprint density at radius 3 is 2.26 bits per heavy atom. The molecule has 10 nitrogen and oxygen atoms in total. The molecule has 0 atom stereocenters. The van der Waals surface area contributed by atoms with Crippen molar-refractivity contribution in [3.8, 4) is 23.1 Å². The van der Waals surface area contributed by atoms with E-state index in [1.54, 1.807) is 36.4 Å². The van der Waals surface area contributed by atoms with Crippen LogP contribution in [0.15, 0.2) is 96.7 Å². The van der Waals surface area contributed by atoms with E-state index in [4.69, 9.17) is 21.7 Å². The summed E-state index contributed by atoms with van der Waals surface area (Å²) in [5, 5.41) is 13.7. The molecular weight excluding hydrogens is 589 g/mol. The number of non-ortho nitro benzene ring substituents is 1. The maximum atomic E-state index is 13.5. The molecule has 0 unspecified atom stereocenters. The largest absolute Gasteiger partial charge is 0.457 e. The average Bonchev–Trinajstić information content (AvgIpc) is 2.97. The molecule has 1 aliphatic heterocycles. The molecular formula is C29H17F3N4O6S. The van der Waals surface area contributed by atoms with Gasteiger partial charge in [0.2, 0.25) is 5.88 Å². The van der Waals surface area contributed by atoms with Crippen molar-refractivity contribution < 1.29 is 37.2 Å². The molecule has 0 aliphatic carbocycles. The number of nitrogens with zero attached hydrogens (tertiary/aromatic N) is 3. The van der Waals surface area contributed by atoms with Gasteiger partial charge in [0.25, 0.3) is 17.5 Å². The molecule has 1 N–H and O–H groups in total. The van der Waals surface area contributed by atoms with E-state index < -0.39 is 39.7 Å². The molecule has 0 radical (unpaired) electrons. The second-order valence-corrected chi connectivity index (χ2v) is 9.22. The topological polar surface area (TPSA) is 124 Å². The number of ether oxygens (including phenoxy) is 2. The van der Waals surface area contributed by atoms with Crippen LogP contribution in [-0.2, 0) is 15.8 Å². The first-order valence-corrected chi connectivity index (χ1v) is 12.6. The van der Waals surface area contributed by atoms with Crippen molar-refractivity contribution in [3.63, 3.8) is 0 Å². The summed E-state index contributed by atoms with van der Waals surface area (Å²) in [7, 11) is 0. The molecule has 216 valence electrons. The molecule has 0 spiro atoms. The Morgan fingerprint density at radius 2 is 1.63 bits per heavy atom. The Hall–Kier alpha value is -5.63. The number of aromatic nitrogens is 1. The number of thiocarbonyl (C=S) groups is 1. The lowest BCUT2D eigenvalue weighted by atomic mass is 10.1. The predicted molar refractivity (Wildman–Crippen MR) is 152 cm³/mol. The number of anilines is 1. The van der Waals surface area contributed by atoms with Crippen LogP contribution in [0.1, 0.15) is 11.1 Å². The molecule has 2 amide bonds. The number of hydrogen-bond acceptors (Lipinski definition) is 8. The second-order valence-electron chi connectivity index (χ2n) is 8.83. The van der Waals surface area contributed by atoms with Gasteiger partial charge >= 0.3 is 6.18 Å². The zero-order chi connectivity index (χ0) is 30.7. The van der Waals surface area contributed by atoms with Gasteiger partial charge in [0.05, 0.1) is 16.2 Å². The number of halogens is 3. The van der Waals surface area contributed by atoms with Gasteiger partial charge in [-0.1, -0.05) is 18.2 Å². The van der Waals surface area contributed by atoms with E-state index in [0.29, 0.717) is 23.4 Å². The van der Waals surface area contributed by atoms with Crippen LogP contribution in [0.25, 0.3) is 6.08 Å². The van der Waals surface area contributed by atoms with Crippen LogP contribution in [0.5, 0.6) is 23.1 Å². The molecule has 3 aromatic carbocycles. The number of carbonyl (C=O) groups is 2. The van der Waals surface area contributed by atoms with Gasteiger partial charge in [-0.25, -0.2) is 4.98 Å². The monoisotopic (exact) mass is 606 g/mol. The maximum Gasteiger partial charge on any atom is 0.417 e. The van der Waals surface area contributed by atoms with Gasteiger partial charge in [0.15, 0.2) is 5.11 Å². The van der Waals surface area contributed by atoms with Crippen LogP contribution >= 0.6 is 12.2 Å². The van der Waals surface area contributed by atoms with Crippen molar-refractivity contribution in [2.24, 2.45) is 0 Å². The third kappa shape index (κ3) is 6.49. The minimum atomic E-state index is -4.62. The molecule has 1 aromatic heterocycles. The highest BCUT2D eigenvalue weighted by atomic mass is 32.1. The number of nitro groups is 1. The molecule has 2 heterocycles. The van der Waals surface area contributed by atoms with Crippen molar-refractivity contribution in [2.75, 3.05) is 4.90 Å². The number of rotatable bonds is 7. The first-order chi connectivity index (χ1) is 20.5. The van der Waals surface area contributed by atoms with E-state index in [2.05, 4.69) is 10.3 Å². The molecule has 1 fully saturated rings. The minimum Gasteiger partial charge on any atom is -0.457 e. The minimum absolute atomic E-state index is 0.0891. The highest BCUT2D eigenvalue weighted by Gasteiger charge is 2.35. The predicted octanol–water partition coefficient (Wildman–Crippen LogP) is 6.42. The van der Waals surface area contributed by atoms with Gasteiger partial charge in [0, 0.05) is 30.0 Å². The first-order valence-electron chi connectivity index (χ1n) is 12.2. The number of para-hydroxylation sites is 1. The Kier molecular flexibility index (Phi) is 7.86. The quantitative estimate of drug-likeness (QED) is 0.0840. The SMILES string of the molecule is O=C1NC(=S)N(c2ccc(Oc3ccccc3)cc2)C(=O)/C1=C/c1cc([N+](=O)[O-])ccc1Oc1ccc(C(F)(F)F)cn1. The van der Waals surface area contributed by atoms with Crippen LogP contribution in [0.2, 0.25) is 0 Å². The van der Waals surface area contributed by atoms with E-state index >= 15 is 0 Å². The first kappa shape index (κ1) is 28.9. The number of hydrogen-bond donors (Lipinski definition) is 1. The third-order valence-electron chi connectivity index (χ3n) is 5.96. The number of nitro benzene ring substituents is 1. The van der Waals surface area contributed by atoms with Crippen molar-refractivity contribution >= 4 is 46.6 Å². The average molecular weight is 607 g/mol. The summed E-state index contributed by atoms with van der Waals surface area (Å²) in [5.41, 5.74) is -1.64. The molecule has 43 heavy (non-hydrogen) atoms. The number of carbonyl (C=O) groups excluding carboxylic acids is 2. The Labute approximate surface area is 246 Å². The van der Waals surface area contributed by atoms with E-state index in [-0.39, 0.29) is 22.3 Å². The van der Waals surface area contributed by atoms with Crippen LogP contribution < -0.4 is 19.7 Å². The zero-order valence-electron chi connectivity index (χ0n) is 21.6. The standard InChI is InChI=1S/C29H17F3N4O6S/c30-29(31,32)18-6-13-25(33-16-18)42-24-12-9-20(36(39)40)14-17(24)15-23-26(37)34-28(43)35(27(23)38)19-7-10-22(11-8-19)41-21-4-2-1-3-5-21/h1-16H,(H,34,37,43)/b23-15+. The normalized spacial score (nSPS) is 14.4. The van der Waals surface area contributed by atoms with Crippen molar-refractivity contribution in [1.29, 1.82) is 0 Å². The molecule has 4 aromatic rings. The highest BCUT2D eigenvalue weighted by Crippen LogP contribution is 2.34. The lowest BCUT2D eigenvalue weighted by molar-refractivity contribution is -0.384. The summed E-state index contributed by atoms with van der Waals surface area (Å²) < 4.78 is 50.1. The molecule has 14 heteroatoms. The molecule has 0 bridgehead atoms. The fourth-order valence-electron chi connectivity index (χ4n) is 3.91. The van der Waals surface area contributed by atoms with Gasteiger partial charge < -0.3 is 9.47 Å². The zero-order valence-corrected chi connectivity index (χ0v) is 22.4. The highest BCUT2D eigenvalue weighted by molar-refractivity contribution is 7.80.